The molecular weight excluding hydrogens is 443 g/mol. The van der Waals surface area contributed by atoms with Crippen LogP contribution in [0.5, 0.6) is 0 Å². The molecule has 0 unspecified atom stereocenters. The Hall–Kier alpha value is -2.58. The van der Waals surface area contributed by atoms with E-state index < -0.39 is 11.7 Å². The first-order valence-corrected chi connectivity index (χ1v) is 11.8. The summed E-state index contributed by atoms with van der Waals surface area (Å²) < 4.78 is 45.4. The fraction of sp³-hybridized carbons (Fsp3) is 0.500. The summed E-state index contributed by atoms with van der Waals surface area (Å²) in [6.45, 7) is 3.43. The number of alkyl halides is 3. The highest BCUT2D eigenvalue weighted by Gasteiger charge is 2.33. The zero-order chi connectivity index (χ0) is 24.1. The largest absolute Gasteiger partial charge is 0.416 e. The lowest BCUT2D eigenvalue weighted by molar-refractivity contribution is -0.139. The molecule has 2 aromatic carbocycles. The first kappa shape index (κ1) is 24.5. The fourth-order valence-corrected chi connectivity index (χ4v) is 4.57. The molecule has 1 saturated carbocycles. The van der Waals surface area contributed by atoms with Crippen molar-refractivity contribution < 1.29 is 22.7 Å². The van der Waals surface area contributed by atoms with Crippen molar-refractivity contribution >= 4 is 11.6 Å². The summed E-state index contributed by atoms with van der Waals surface area (Å²) in [6.07, 6.45) is -0.882. The van der Waals surface area contributed by atoms with Gasteiger partial charge in [0.15, 0.2) is 0 Å². The first-order chi connectivity index (χ1) is 16.3. The van der Waals surface area contributed by atoms with Crippen LogP contribution in [-0.4, -0.2) is 55.6 Å². The number of anilines is 1. The van der Waals surface area contributed by atoms with E-state index in [1.165, 1.54) is 48.1 Å². The molecule has 2 aromatic rings. The van der Waals surface area contributed by atoms with Gasteiger partial charge in [0.05, 0.1) is 18.7 Å². The summed E-state index contributed by atoms with van der Waals surface area (Å²) in [5.74, 6) is 0.582. The topological polar surface area (TPSA) is 44.8 Å². The van der Waals surface area contributed by atoms with Crippen LogP contribution in [0.25, 0.3) is 0 Å². The number of benzene rings is 2. The van der Waals surface area contributed by atoms with Crippen molar-refractivity contribution in [1.29, 1.82) is 0 Å². The fourth-order valence-electron chi connectivity index (χ4n) is 4.57. The van der Waals surface area contributed by atoms with Crippen molar-refractivity contribution in [3.05, 3.63) is 64.7 Å². The number of amides is 1. The van der Waals surface area contributed by atoms with E-state index in [1.807, 2.05) is 12.1 Å². The van der Waals surface area contributed by atoms with Gasteiger partial charge in [-0.2, -0.15) is 13.2 Å². The van der Waals surface area contributed by atoms with Gasteiger partial charge in [0, 0.05) is 45.5 Å². The average molecular weight is 476 g/mol. The minimum atomic E-state index is -4.47. The van der Waals surface area contributed by atoms with E-state index in [1.54, 1.807) is 6.07 Å². The van der Waals surface area contributed by atoms with Crippen LogP contribution in [0.15, 0.2) is 42.5 Å². The highest BCUT2D eigenvalue weighted by molar-refractivity contribution is 5.81. The summed E-state index contributed by atoms with van der Waals surface area (Å²) >= 11 is 0. The SMILES string of the molecule is COCCN(Cc1ccccc1C(F)(F)F)C(=O)CNc1cccc2c1CCN(CC1CC1)C2. The zero-order valence-corrected chi connectivity index (χ0v) is 19.5. The molecule has 1 fully saturated rings. The third-order valence-corrected chi connectivity index (χ3v) is 6.59. The molecular formula is C26H32F3N3O2. The summed E-state index contributed by atoms with van der Waals surface area (Å²) in [4.78, 5) is 17.0. The Kier molecular flexibility index (Phi) is 7.78. The Balaban J connectivity index is 1.42. The third-order valence-electron chi connectivity index (χ3n) is 6.59. The molecule has 0 bridgehead atoms. The molecule has 0 aromatic heterocycles. The second-order valence-electron chi connectivity index (χ2n) is 9.19. The molecule has 0 saturated heterocycles. The number of hydrogen-bond donors (Lipinski definition) is 1. The second kappa shape index (κ2) is 10.8. The zero-order valence-electron chi connectivity index (χ0n) is 19.5. The molecule has 1 N–H and O–H groups in total. The van der Waals surface area contributed by atoms with Crippen molar-refractivity contribution in [2.24, 2.45) is 5.92 Å². The van der Waals surface area contributed by atoms with Crippen LogP contribution in [0.3, 0.4) is 0 Å². The van der Waals surface area contributed by atoms with E-state index in [0.29, 0.717) is 0 Å². The lowest BCUT2D eigenvalue weighted by Gasteiger charge is -2.30. The molecule has 8 heteroatoms. The normalized spacial score (nSPS) is 16.2. The predicted molar refractivity (Wildman–Crippen MR) is 125 cm³/mol. The van der Waals surface area contributed by atoms with Crippen LogP contribution >= 0.6 is 0 Å². The molecule has 5 nitrogen and oxygen atoms in total. The lowest BCUT2D eigenvalue weighted by Crippen LogP contribution is -2.38. The van der Waals surface area contributed by atoms with Crippen molar-refractivity contribution in [2.75, 3.05) is 45.2 Å². The van der Waals surface area contributed by atoms with Crippen LogP contribution in [0.1, 0.15) is 35.1 Å². The van der Waals surface area contributed by atoms with Crippen LogP contribution in [0.2, 0.25) is 0 Å². The van der Waals surface area contributed by atoms with Gasteiger partial charge in [0.25, 0.3) is 0 Å². The number of methoxy groups -OCH3 is 1. The van der Waals surface area contributed by atoms with Crippen LogP contribution in [0, 0.1) is 5.92 Å². The maximum Gasteiger partial charge on any atom is 0.416 e. The Morgan fingerprint density at radius 3 is 2.71 bits per heavy atom. The quantitative estimate of drug-likeness (QED) is 0.547. The number of carbonyl (C=O) groups is 1. The van der Waals surface area contributed by atoms with Gasteiger partial charge in [0.1, 0.15) is 0 Å². The third kappa shape index (κ3) is 6.30. The standard InChI is InChI=1S/C26H32F3N3O2/c1-34-14-13-32(18-21-5-2-3-7-23(21)26(27,28)29)25(33)15-30-24-8-4-6-20-17-31(12-11-22(20)24)16-19-9-10-19/h2-8,19,30H,9-18H2,1H3. The average Bonchev–Trinajstić information content (AvgIpc) is 3.63. The monoisotopic (exact) mass is 475 g/mol. The molecule has 34 heavy (non-hydrogen) atoms. The van der Waals surface area contributed by atoms with E-state index in [0.717, 1.165) is 43.7 Å². The van der Waals surface area contributed by atoms with Gasteiger partial charge >= 0.3 is 6.18 Å². The summed E-state index contributed by atoms with van der Waals surface area (Å²) in [7, 11) is 1.51. The molecule has 4 rings (SSSR count). The van der Waals surface area contributed by atoms with Gasteiger partial charge in [-0.05, 0) is 54.0 Å². The Morgan fingerprint density at radius 1 is 1.18 bits per heavy atom. The Morgan fingerprint density at radius 2 is 1.97 bits per heavy atom. The number of carbonyl (C=O) groups excluding carboxylic acids is 1. The maximum atomic E-state index is 13.4. The van der Waals surface area contributed by atoms with Crippen molar-refractivity contribution in [2.45, 2.75) is 38.5 Å². The van der Waals surface area contributed by atoms with Gasteiger partial charge in [-0.1, -0.05) is 30.3 Å². The molecule has 0 radical (unpaired) electrons. The van der Waals surface area contributed by atoms with Crippen LogP contribution in [-0.2, 0) is 35.2 Å². The summed E-state index contributed by atoms with van der Waals surface area (Å²) in [6, 6.07) is 11.5. The molecule has 0 spiro atoms. The highest BCUT2D eigenvalue weighted by Crippen LogP contribution is 2.34. The number of halogens is 3. The number of rotatable bonds is 10. The van der Waals surface area contributed by atoms with Gasteiger partial charge in [-0.15, -0.1) is 0 Å². The summed E-state index contributed by atoms with van der Waals surface area (Å²) in [5.41, 5.74) is 2.80. The van der Waals surface area contributed by atoms with Gasteiger partial charge in [-0.25, -0.2) is 0 Å². The smallest absolute Gasteiger partial charge is 0.383 e. The lowest BCUT2D eigenvalue weighted by atomic mass is 9.97. The van der Waals surface area contributed by atoms with E-state index in [2.05, 4.69) is 16.3 Å². The van der Waals surface area contributed by atoms with Crippen LogP contribution < -0.4 is 5.32 Å². The number of ether oxygens (including phenoxy) is 1. The van der Waals surface area contributed by atoms with E-state index in [-0.39, 0.29) is 37.7 Å². The number of fused-ring (bicyclic) bond motifs is 1. The van der Waals surface area contributed by atoms with E-state index in [4.69, 9.17) is 4.74 Å². The molecule has 2 aliphatic rings. The number of nitrogens with one attached hydrogen (secondary N) is 1. The van der Waals surface area contributed by atoms with Crippen molar-refractivity contribution in [3.8, 4) is 0 Å². The molecule has 1 aliphatic heterocycles. The maximum absolute atomic E-state index is 13.4. The molecule has 1 heterocycles. The predicted octanol–water partition coefficient (Wildman–Crippen LogP) is 4.56. The minimum absolute atomic E-state index is 0.0140. The number of nitrogens with zero attached hydrogens (tertiary/aromatic N) is 2. The Bertz CT molecular complexity index is 991. The number of hydrogen-bond acceptors (Lipinski definition) is 4. The molecule has 184 valence electrons. The summed E-state index contributed by atoms with van der Waals surface area (Å²) in [5, 5.41) is 3.26. The minimum Gasteiger partial charge on any atom is -0.383 e. The van der Waals surface area contributed by atoms with Crippen molar-refractivity contribution in [1.82, 2.24) is 9.80 Å². The second-order valence-corrected chi connectivity index (χ2v) is 9.19. The molecule has 1 amide bonds. The Labute approximate surface area is 198 Å². The molecule has 1 aliphatic carbocycles. The van der Waals surface area contributed by atoms with E-state index in [9.17, 15) is 18.0 Å². The van der Waals surface area contributed by atoms with E-state index >= 15 is 0 Å². The molecule has 0 atom stereocenters. The van der Waals surface area contributed by atoms with Gasteiger partial charge in [-0.3, -0.25) is 9.69 Å². The van der Waals surface area contributed by atoms with Crippen molar-refractivity contribution in [3.63, 3.8) is 0 Å². The highest BCUT2D eigenvalue weighted by atomic mass is 19.4. The van der Waals surface area contributed by atoms with Gasteiger partial charge < -0.3 is 15.0 Å². The first-order valence-electron chi connectivity index (χ1n) is 11.8. The van der Waals surface area contributed by atoms with Crippen LogP contribution in [0.4, 0.5) is 18.9 Å². The van der Waals surface area contributed by atoms with Gasteiger partial charge in [0.2, 0.25) is 5.91 Å².